The molecule has 0 spiro atoms. The van der Waals surface area contributed by atoms with Crippen molar-refractivity contribution in [3.8, 4) is 5.75 Å². The van der Waals surface area contributed by atoms with Crippen LogP contribution in [-0.4, -0.2) is 5.97 Å². The molecule has 0 fully saturated rings. The van der Waals surface area contributed by atoms with Gasteiger partial charge in [0.1, 0.15) is 5.75 Å². The minimum Gasteiger partial charge on any atom is -0.426 e. The van der Waals surface area contributed by atoms with Crippen molar-refractivity contribution in [2.75, 3.05) is 0 Å². The van der Waals surface area contributed by atoms with Crippen molar-refractivity contribution in [1.82, 2.24) is 0 Å². The van der Waals surface area contributed by atoms with E-state index >= 15 is 0 Å². The van der Waals surface area contributed by atoms with Crippen LogP contribution in [0.4, 0.5) is 0 Å². The Labute approximate surface area is 203 Å². The van der Waals surface area contributed by atoms with Crippen LogP contribution in [0.3, 0.4) is 0 Å². The molecule has 0 heterocycles. The standard InChI is InChI=1S/C31H48O2/c1-3-5-7-9-11-12-14-16-20-27(19-15-13-10-8-6-4-2)25-31(32)33-30-24-23-28-21-17-18-22-29(28)26-30/h17-18,21-24,26-27H,3-16,19-20,25H2,1-2H3. The Kier molecular flexibility index (Phi) is 14.6. The summed E-state index contributed by atoms with van der Waals surface area (Å²) in [5.41, 5.74) is 0. The summed E-state index contributed by atoms with van der Waals surface area (Å²) < 4.78 is 5.76. The van der Waals surface area contributed by atoms with E-state index in [0.29, 0.717) is 18.1 Å². The Balaban J connectivity index is 1.76. The third kappa shape index (κ3) is 12.3. The molecule has 0 aliphatic carbocycles. The minimum absolute atomic E-state index is 0.0687. The summed E-state index contributed by atoms with van der Waals surface area (Å²) in [6.45, 7) is 4.54. The van der Waals surface area contributed by atoms with Crippen molar-refractivity contribution in [3.63, 3.8) is 0 Å². The summed E-state index contributed by atoms with van der Waals surface area (Å²) >= 11 is 0. The zero-order chi connectivity index (χ0) is 23.6. The van der Waals surface area contributed by atoms with Gasteiger partial charge in [-0.05, 0) is 41.7 Å². The molecule has 0 aliphatic rings. The molecule has 0 aliphatic heterocycles. The normalized spacial score (nSPS) is 12.2. The van der Waals surface area contributed by atoms with Gasteiger partial charge in [0.05, 0.1) is 0 Å². The molecule has 0 amide bonds. The largest absolute Gasteiger partial charge is 0.426 e. The number of esters is 1. The van der Waals surface area contributed by atoms with Gasteiger partial charge in [-0.25, -0.2) is 0 Å². The third-order valence-electron chi connectivity index (χ3n) is 6.84. The fraction of sp³-hybridized carbons (Fsp3) is 0.645. The van der Waals surface area contributed by atoms with Crippen molar-refractivity contribution < 1.29 is 9.53 Å². The van der Waals surface area contributed by atoms with E-state index in [1.807, 2.05) is 30.3 Å². The van der Waals surface area contributed by atoms with Crippen LogP contribution in [0.5, 0.6) is 5.75 Å². The van der Waals surface area contributed by atoms with Crippen LogP contribution < -0.4 is 4.74 Å². The molecule has 2 aromatic rings. The molecule has 2 nitrogen and oxygen atoms in total. The van der Waals surface area contributed by atoms with E-state index in [1.54, 1.807) is 0 Å². The van der Waals surface area contributed by atoms with Gasteiger partial charge in [0.15, 0.2) is 0 Å². The van der Waals surface area contributed by atoms with Gasteiger partial charge in [0.2, 0.25) is 0 Å². The quantitative estimate of drug-likeness (QED) is 0.120. The van der Waals surface area contributed by atoms with Gasteiger partial charge in [-0.3, -0.25) is 4.79 Å². The third-order valence-corrected chi connectivity index (χ3v) is 6.84. The minimum atomic E-state index is -0.0687. The molecule has 0 radical (unpaired) electrons. The maximum atomic E-state index is 12.7. The lowest BCUT2D eigenvalue weighted by molar-refractivity contribution is -0.135. The fourth-order valence-corrected chi connectivity index (χ4v) is 4.77. The monoisotopic (exact) mass is 452 g/mol. The van der Waals surface area contributed by atoms with Gasteiger partial charge in [0, 0.05) is 6.42 Å². The first kappa shape index (κ1) is 27.4. The topological polar surface area (TPSA) is 26.3 Å². The maximum absolute atomic E-state index is 12.7. The van der Waals surface area contributed by atoms with E-state index in [1.165, 1.54) is 95.3 Å². The number of unbranched alkanes of at least 4 members (excludes halogenated alkanes) is 12. The number of carbonyl (C=O) groups excluding carboxylic acids is 1. The Morgan fingerprint density at radius 3 is 1.76 bits per heavy atom. The highest BCUT2D eigenvalue weighted by atomic mass is 16.5. The highest BCUT2D eigenvalue weighted by Gasteiger charge is 2.16. The van der Waals surface area contributed by atoms with Crippen LogP contribution in [0.15, 0.2) is 42.5 Å². The van der Waals surface area contributed by atoms with Crippen LogP contribution in [0.25, 0.3) is 10.8 Å². The van der Waals surface area contributed by atoms with Gasteiger partial charge in [-0.1, -0.05) is 134 Å². The van der Waals surface area contributed by atoms with E-state index < -0.39 is 0 Å². The zero-order valence-electron chi connectivity index (χ0n) is 21.5. The van der Waals surface area contributed by atoms with Gasteiger partial charge in [-0.15, -0.1) is 0 Å². The van der Waals surface area contributed by atoms with Crippen molar-refractivity contribution in [2.24, 2.45) is 5.92 Å². The second kappa shape index (κ2) is 17.6. The lowest BCUT2D eigenvalue weighted by Crippen LogP contribution is -2.14. The van der Waals surface area contributed by atoms with Crippen LogP contribution in [-0.2, 0) is 4.79 Å². The van der Waals surface area contributed by atoms with Crippen LogP contribution in [0, 0.1) is 5.92 Å². The Bertz CT molecular complexity index is 766. The summed E-state index contributed by atoms with van der Waals surface area (Å²) in [5.74, 6) is 1.06. The summed E-state index contributed by atoms with van der Waals surface area (Å²) in [7, 11) is 0. The van der Waals surface area contributed by atoms with Gasteiger partial charge < -0.3 is 4.74 Å². The average molecular weight is 453 g/mol. The van der Waals surface area contributed by atoms with Crippen molar-refractivity contribution in [2.45, 2.75) is 123 Å². The van der Waals surface area contributed by atoms with E-state index in [9.17, 15) is 4.79 Å². The zero-order valence-corrected chi connectivity index (χ0v) is 21.5. The first-order valence-electron chi connectivity index (χ1n) is 13.9. The van der Waals surface area contributed by atoms with Crippen LogP contribution in [0.1, 0.15) is 123 Å². The summed E-state index contributed by atoms with van der Waals surface area (Å²) in [6.07, 6.45) is 21.5. The van der Waals surface area contributed by atoms with Gasteiger partial charge >= 0.3 is 5.97 Å². The second-order valence-corrected chi connectivity index (χ2v) is 9.87. The molecule has 184 valence electrons. The first-order chi connectivity index (χ1) is 16.2. The SMILES string of the molecule is CCCCCCCCCCC(CCCCCCCC)CC(=O)Oc1ccc2ccccc2c1. The molecule has 2 rings (SSSR count). The molecule has 2 aromatic carbocycles. The van der Waals surface area contributed by atoms with Gasteiger partial charge in [-0.2, -0.15) is 0 Å². The lowest BCUT2D eigenvalue weighted by Gasteiger charge is -2.16. The number of hydrogen-bond donors (Lipinski definition) is 0. The first-order valence-corrected chi connectivity index (χ1v) is 13.9. The van der Waals surface area contributed by atoms with E-state index in [0.717, 1.165) is 18.2 Å². The average Bonchev–Trinajstić information content (AvgIpc) is 2.82. The molecule has 0 bridgehead atoms. The Morgan fingerprint density at radius 2 is 1.18 bits per heavy atom. The van der Waals surface area contributed by atoms with Crippen LogP contribution >= 0.6 is 0 Å². The van der Waals surface area contributed by atoms with Crippen LogP contribution in [0.2, 0.25) is 0 Å². The molecule has 0 aromatic heterocycles. The number of ether oxygens (including phenoxy) is 1. The van der Waals surface area contributed by atoms with E-state index in [4.69, 9.17) is 4.74 Å². The number of fused-ring (bicyclic) bond motifs is 1. The summed E-state index contributed by atoms with van der Waals surface area (Å²) in [4.78, 5) is 12.7. The summed E-state index contributed by atoms with van der Waals surface area (Å²) in [6, 6.07) is 14.1. The van der Waals surface area contributed by atoms with Crippen molar-refractivity contribution in [1.29, 1.82) is 0 Å². The maximum Gasteiger partial charge on any atom is 0.311 e. The highest BCUT2D eigenvalue weighted by Crippen LogP contribution is 2.25. The predicted molar refractivity (Wildman–Crippen MR) is 143 cm³/mol. The molecular weight excluding hydrogens is 404 g/mol. The van der Waals surface area contributed by atoms with E-state index in [2.05, 4.69) is 26.0 Å². The molecule has 0 saturated heterocycles. The predicted octanol–water partition coefficient (Wildman–Crippen LogP) is 10.0. The smallest absolute Gasteiger partial charge is 0.311 e. The molecular formula is C31H48O2. The lowest BCUT2D eigenvalue weighted by atomic mass is 9.91. The molecule has 1 unspecified atom stereocenters. The molecule has 1 atom stereocenters. The highest BCUT2D eigenvalue weighted by molar-refractivity contribution is 5.84. The fourth-order valence-electron chi connectivity index (χ4n) is 4.77. The number of carbonyl (C=O) groups is 1. The molecule has 33 heavy (non-hydrogen) atoms. The molecule has 2 heteroatoms. The number of benzene rings is 2. The van der Waals surface area contributed by atoms with E-state index in [-0.39, 0.29) is 5.97 Å². The van der Waals surface area contributed by atoms with Gasteiger partial charge in [0.25, 0.3) is 0 Å². The molecule has 0 N–H and O–H groups in total. The molecule has 0 saturated carbocycles. The summed E-state index contributed by atoms with van der Waals surface area (Å²) in [5, 5.41) is 2.29. The van der Waals surface area contributed by atoms with Crippen molar-refractivity contribution >= 4 is 16.7 Å². The Hall–Kier alpha value is -1.83. The second-order valence-electron chi connectivity index (χ2n) is 9.87. The van der Waals surface area contributed by atoms with Crippen molar-refractivity contribution in [3.05, 3.63) is 42.5 Å². The Morgan fingerprint density at radius 1 is 0.667 bits per heavy atom. The number of hydrogen-bond acceptors (Lipinski definition) is 2. The number of rotatable bonds is 19.